The van der Waals surface area contributed by atoms with Crippen LogP contribution in [0.15, 0.2) is 0 Å². The van der Waals surface area contributed by atoms with E-state index in [0.29, 0.717) is 12.5 Å². The smallest absolute Gasteiger partial charge is 0.180 e. The minimum absolute atomic E-state index is 0.395. The Morgan fingerprint density at radius 1 is 1.56 bits per heavy atom. The van der Waals surface area contributed by atoms with Gasteiger partial charge < -0.3 is 4.74 Å². The molecule has 55 valence electrons. The Balaban J connectivity index is 2.95. The van der Waals surface area contributed by atoms with Gasteiger partial charge in [-0.2, -0.15) is 0 Å². The zero-order valence-corrected chi connectivity index (χ0v) is 6.22. The Morgan fingerprint density at radius 3 is 2.67 bits per heavy atom. The normalized spacial score (nSPS) is 13.7. The van der Waals surface area contributed by atoms with E-state index in [4.69, 9.17) is 4.74 Å². The van der Waals surface area contributed by atoms with Crippen LogP contribution in [0.3, 0.4) is 0 Å². The van der Waals surface area contributed by atoms with Gasteiger partial charge in [-0.25, -0.2) is 5.11 Å². The van der Waals surface area contributed by atoms with E-state index in [1.807, 2.05) is 0 Å². The van der Waals surface area contributed by atoms with Crippen LogP contribution in [-0.4, -0.2) is 13.4 Å². The summed E-state index contributed by atoms with van der Waals surface area (Å²) >= 11 is 0. The maximum Gasteiger partial charge on any atom is 0.180 e. The predicted octanol–water partition coefficient (Wildman–Crippen LogP) is 1.83. The third kappa shape index (κ3) is 5.80. The molecule has 1 unspecified atom stereocenters. The molecule has 0 heterocycles. The Hall–Kier alpha value is -0.0800. The van der Waals surface area contributed by atoms with Crippen molar-refractivity contribution in [2.45, 2.75) is 26.7 Å². The van der Waals surface area contributed by atoms with Gasteiger partial charge in [-0.05, 0) is 12.3 Å². The van der Waals surface area contributed by atoms with Gasteiger partial charge in [0.15, 0.2) is 6.79 Å². The van der Waals surface area contributed by atoms with E-state index in [1.54, 1.807) is 0 Å². The van der Waals surface area contributed by atoms with Gasteiger partial charge in [-0.3, -0.25) is 0 Å². The standard InChI is InChI=1S/C7H15O2/c1-3-4-7(2)5-9-6-8/h7H,3-6H2,1-2H3. The van der Waals surface area contributed by atoms with E-state index in [2.05, 4.69) is 13.8 Å². The van der Waals surface area contributed by atoms with Crippen LogP contribution in [0.25, 0.3) is 0 Å². The van der Waals surface area contributed by atoms with Gasteiger partial charge in [0.25, 0.3) is 0 Å². The zero-order valence-electron chi connectivity index (χ0n) is 6.22. The molecule has 0 aliphatic rings. The fourth-order valence-electron chi connectivity index (χ4n) is 0.825. The average molecular weight is 131 g/mol. The molecule has 0 aromatic heterocycles. The van der Waals surface area contributed by atoms with Crippen molar-refractivity contribution in [2.75, 3.05) is 13.4 Å². The van der Waals surface area contributed by atoms with E-state index in [-0.39, 0.29) is 0 Å². The Bertz CT molecular complexity index is 54.9. The molecule has 0 rings (SSSR count). The van der Waals surface area contributed by atoms with Gasteiger partial charge in [-0.15, -0.1) is 0 Å². The second-order valence-corrected chi connectivity index (χ2v) is 2.38. The second kappa shape index (κ2) is 6.05. The highest BCUT2D eigenvalue weighted by Crippen LogP contribution is 2.04. The van der Waals surface area contributed by atoms with Crippen LogP contribution in [0.2, 0.25) is 0 Å². The first-order chi connectivity index (χ1) is 4.31. The van der Waals surface area contributed by atoms with Crippen LogP contribution in [0, 0.1) is 5.92 Å². The monoisotopic (exact) mass is 131 g/mol. The maximum absolute atomic E-state index is 9.82. The fraction of sp³-hybridized carbons (Fsp3) is 1.00. The molecule has 0 aromatic carbocycles. The minimum atomic E-state index is -0.395. The lowest BCUT2D eigenvalue weighted by molar-refractivity contribution is -0.0549. The molecule has 1 radical (unpaired) electrons. The third-order valence-electron chi connectivity index (χ3n) is 1.27. The van der Waals surface area contributed by atoms with Crippen LogP contribution in [0.4, 0.5) is 0 Å². The van der Waals surface area contributed by atoms with Crippen molar-refractivity contribution >= 4 is 0 Å². The molecule has 0 aromatic rings. The van der Waals surface area contributed by atoms with Gasteiger partial charge in [0, 0.05) is 0 Å². The molecular weight excluding hydrogens is 116 g/mol. The van der Waals surface area contributed by atoms with E-state index in [0.717, 1.165) is 6.42 Å². The molecule has 0 aliphatic carbocycles. The van der Waals surface area contributed by atoms with Crippen molar-refractivity contribution in [1.82, 2.24) is 0 Å². The zero-order chi connectivity index (χ0) is 7.11. The van der Waals surface area contributed by atoms with Crippen LogP contribution in [-0.2, 0) is 9.84 Å². The summed E-state index contributed by atoms with van der Waals surface area (Å²) in [5.74, 6) is 0.545. The van der Waals surface area contributed by atoms with Gasteiger partial charge in [0.2, 0.25) is 0 Å². The molecular formula is C7H15O2. The van der Waals surface area contributed by atoms with Crippen molar-refractivity contribution in [3.63, 3.8) is 0 Å². The molecule has 9 heavy (non-hydrogen) atoms. The quantitative estimate of drug-likeness (QED) is 0.523. The summed E-state index contributed by atoms with van der Waals surface area (Å²) in [6, 6.07) is 0. The SMILES string of the molecule is CCCC(C)COC[O]. The summed E-state index contributed by atoms with van der Waals surface area (Å²) in [4.78, 5) is 0. The summed E-state index contributed by atoms with van der Waals surface area (Å²) < 4.78 is 4.69. The van der Waals surface area contributed by atoms with Crippen LogP contribution in [0.1, 0.15) is 26.7 Å². The lowest BCUT2D eigenvalue weighted by Crippen LogP contribution is -2.05. The molecule has 0 saturated carbocycles. The molecule has 0 N–H and O–H groups in total. The van der Waals surface area contributed by atoms with Gasteiger partial charge >= 0.3 is 0 Å². The fourth-order valence-corrected chi connectivity index (χ4v) is 0.825. The minimum Gasteiger partial charge on any atom is -0.352 e. The topological polar surface area (TPSA) is 29.1 Å². The Morgan fingerprint density at radius 2 is 2.22 bits per heavy atom. The second-order valence-electron chi connectivity index (χ2n) is 2.38. The maximum atomic E-state index is 9.82. The van der Waals surface area contributed by atoms with Crippen molar-refractivity contribution in [1.29, 1.82) is 0 Å². The number of hydrogen-bond donors (Lipinski definition) is 0. The number of rotatable bonds is 5. The first kappa shape index (κ1) is 8.92. The Kier molecular flexibility index (Phi) is 5.99. The van der Waals surface area contributed by atoms with Gasteiger partial charge in [0.1, 0.15) is 0 Å². The molecule has 0 fully saturated rings. The molecule has 1 atom stereocenters. The highest BCUT2D eigenvalue weighted by atomic mass is 16.6. The van der Waals surface area contributed by atoms with Crippen molar-refractivity contribution in [3.8, 4) is 0 Å². The number of hydrogen-bond acceptors (Lipinski definition) is 1. The molecule has 0 spiro atoms. The van der Waals surface area contributed by atoms with Crippen molar-refractivity contribution < 1.29 is 9.84 Å². The van der Waals surface area contributed by atoms with E-state index < -0.39 is 6.79 Å². The number of ether oxygens (including phenoxy) is 1. The van der Waals surface area contributed by atoms with E-state index >= 15 is 0 Å². The predicted molar refractivity (Wildman–Crippen MR) is 35.6 cm³/mol. The third-order valence-corrected chi connectivity index (χ3v) is 1.27. The molecule has 0 bridgehead atoms. The first-order valence-corrected chi connectivity index (χ1v) is 3.47. The average Bonchev–Trinajstić information content (AvgIpc) is 1.85. The van der Waals surface area contributed by atoms with Gasteiger partial charge in [-0.1, -0.05) is 20.3 Å². The molecule has 0 aliphatic heterocycles. The molecule has 0 amide bonds. The van der Waals surface area contributed by atoms with Crippen LogP contribution in [0.5, 0.6) is 0 Å². The highest BCUT2D eigenvalue weighted by molar-refractivity contribution is 4.47. The molecule has 2 heteroatoms. The van der Waals surface area contributed by atoms with Crippen LogP contribution < -0.4 is 0 Å². The summed E-state index contributed by atoms with van der Waals surface area (Å²) in [7, 11) is 0. The van der Waals surface area contributed by atoms with E-state index in [9.17, 15) is 5.11 Å². The van der Waals surface area contributed by atoms with Crippen molar-refractivity contribution in [3.05, 3.63) is 0 Å². The summed E-state index contributed by atoms with van der Waals surface area (Å²) in [6.45, 7) is 4.46. The van der Waals surface area contributed by atoms with Gasteiger partial charge in [0.05, 0.1) is 6.61 Å². The van der Waals surface area contributed by atoms with Crippen molar-refractivity contribution in [2.24, 2.45) is 5.92 Å². The summed E-state index contributed by atoms with van der Waals surface area (Å²) in [5, 5.41) is 9.82. The lowest BCUT2D eigenvalue weighted by atomic mass is 10.1. The van der Waals surface area contributed by atoms with Crippen LogP contribution >= 0.6 is 0 Å². The first-order valence-electron chi connectivity index (χ1n) is 3.47. The largest absolute Gasteiger partial charge is 0.352 e. The molecule has 0 saturated heterocycles. The summed E-state index contributed by atoms with van der Waals surface area (Å²) in [6.07, 6.45) is 2.32. The highest BCUT2D eigenvalue weighted by Gasteiger charge is 1.98. The lowest BCUT2D eigenvalue weighted by Gasteiger charge is -2.07. The Labute approximate surface area is 56.8 Å². The van der Waals surface area contributed by atoms with E-state index in [1.165, 1.54) is 6.42 Å². The molecule has 2 nitrogen and oxygen atoms in total. The summed E-state index contributed by atoms with van der Waals surface area (Å²) in [5.41, 5.74) is 0.